The fourth-order valence-corrected chi connectivity index (χ4v) is 1.93. The molecular weight excluding hydrogens is 210 g/mol. The predicted molar refractivity (Wildman–Crippen MR) is 75.1 cm³/mol. The van der Waals surface area contributed by atoms with Gasteiger partial charge in [0.1, 0.15) is 0 Å². The third-order valence-electron chi connectivity index (χ3n) is 2.95. The second-order valence-electron chi connectivity index (χ2n) is 6.14. The Hall–Kier alpha value is -0.530. The highest BCUT2D eigenvalue weighted by Crippen LogP contribution is 2.22. The molecule has 0 atom stereocenters. The van der Waals surface area contributed by atoms with Gasteiger partial charge in [-0.25, -0.2) is 0 Å². The normalized spacial score (nSPS) is 11.5. The Morgan fingerprint density at radius 2 is 1.47 bits per heavy atom. The molecule has 17 heavy (non-hydrogen) atoms. The van der Waals surface area contributed by atoms with Crippen molar-refractivity contribution in [2.75, 3.05) is 6.54 Å². The van der Waals surface area contributed by atoms with Crippen LogP contribution in [0.2, 0.25) is 0 Å². The summed E-state index contributed by atoms with van der Waals surface area (Å²) in [6, 6.07) is 0. The first kappa shape index (κ1) is 16.5. The van der Waals surface area contributed by atoms with E-state index in [1.165, 1.54) is 38.5 Å². The summed E-state index contributed by atoms with van der Waals surface area (Å²) in [5.41, 5.74) is 0.484. The van der Waals surface area contributed by atoms with E-state index in [0.29, 0.717) is 11.8 Å². The third kappa shape index (κ3) is 13.4. The van der Waals surface area contributed by atoms with E-state index in [4.69, 9.17) is 0 Å². The molecule has 2 nitrogen and oxygen atoms in total. The molecule has 0 radical (unpaired) electrons. The Morgan fingerprint density at radius 3 is 2.00 bits per heavy atom. The molecule has 102 valence electrons. The zero-order valence-corrected chi connectivity index (χ0v) is 12.3. The summed E-state index contributed by atoms with van der Waals surface area (Å²) in [7, 11) is 0. The Balaban J connectivity index is 3.16. The second-order valence-corrected chi connectivity index (χ2v) is 6.14. The van der Waals surface area contributed by atoms with Crippen molar-refractivity contribution in [3.63, 3.8) is 0 Å². The van der Waals surface area contributed by atoms with Crippen LogP contribution in [0.15, 0.2) is 0 Å². The molecule has 0 aromatic heterocycles. The summed E-state index contributed by atoms with van der Waals surface area (Å²) in [5, 5.41) is 2.83. The minimum atomic E-state index is 0.209. The molecule has 1 N–H and O–H groups in total. The lowest BCUT2D eigenvalue weighted by molar-refractivity contribution is -0.121. The molecule has 0 heterocycles. The maximum atomic E-state index is 11.2. The van der Waals surface area contributed by atoms with Crippen molar-refractivity contribution in [3.05, 3.63) is 0 Å². The molecule has 0 saturated heterocycles. The van der Waals surface area contributed by atoms with Crippen LogP contribution in [0.5, 0.6) is 0 Å². The molecule has 2 heteroatoms. The number of nitrogens with one attached hydrogen (secondary N) is 1. The Bertz CT molecular complexity index is 194. The van der Waals surface area contributed by atoms with E-state index in [-0.39, 0.29) is 5.91 Å². The minimum absolute atomic E-state index is 0.209. The van der Waals surface area contributed by atoms with Gasteiger partial charge in [-0.1, -0.05) is 52.9 Å². The van der Waals surface area contributed by atoms with Crippen LogP contribution in [-0.2, 0) is 4.79 Å². The van der Waals surface area contributed by atoms with E-state index in [9.17, 15) is 4.79 Å². The third-order valence-corrected chi connectivity index (χ3v) is 2.95. The molecule has 0 aromatic rings. The first-order valence-corrected chi connectivity index (χ1v) is 7.22. The van der Waals surface area contributed by atoms with Crippen molar-refractivity contribution in [3.8, 4) is 0 Å². The monoisotopic (exact) mass is 241 g/mol. The van der Waals surface area contributed by atoms with Gasteiger partial charge in [0, 0.05) is 13.0 Å². The highest BCUT2D eigenvalue weighted by molar-refractivity contribution is 5.75. The van der Waals surface area contributed by atoms with Gasteiger partial charge in [0.2, 0.25) is 5.91 Å². The number of carbonyl (C=O) groups excluding carboxylic acids is 1. The van der Waals surface area contributed by atoms with Gasteiger partial charge in [-0.3, -0.25) is 4.79 Å². The first-order chi connectivity index (χ1) is 7.95. The Kier molecular flexibility index (Phi) is 9.20. The van der Waals surface area contributed by atoms with Gasteiger partial charge in [0.25, 0.3) is 0 Å². The van der Waals surface area contributed by atoms with Crippen molar-refractivity contribution in [1.82, 2.24) is 5.32 Å². The fraction of sp³-hybridized carbons (Fsp3) is 0.933. The average molecular weight is 241 g/mol. The fourth-order valence-electron chi connectivity index (χ4n) is 1.93. The second kappa shape index (κ2) is 9.49. The maximum absolute atomic E-state index is 11.2. The predicted octanol–water partition coefficient (Wildman–Crippen LogP) is 4.29. The molecule has 0 unspecified atom stereocenters. The zero-order valence-electron chi connectivity index (χ0n) is 12.3. The molecule has 0 saturated carbocycles. The lowest BCUT2D eigenvalue weighted by atomic mass is 9.89. The number of unbranched alkanes of at least 4 members (excludes halogenated alkanes) is 5. The first-order valence-electron chi connectivity index (χ1n) is 7.22. The van der Waals surface area contributed by atoms with Crippen molar-refractivity contribution >= 4 is 5.91 Å². The maximum Gasteiger partial charge on any atom is 0.219 e. The minimum Gasteiger partial charge on any atom is -0.356 e. The molecule has 0 rings (SSSR count). The highest BCUT2D eigenvalue weighted by Gasteiger charge is 2.08. The number of amides is 1. The largest absolute Gasteiger partial charge is 0.356 e. The molecule has 0 aliphatic rings. The van der Waals surface area contributed by atoms with Crippen LogP contribution in [0, 0.1) is 5.41 Å². The van der Waals surface area contributed by atoms with Crippen LogP contribution in [0.25, 0.3) is 0 Å². The molecule has 0 spiro atoms. The van der Waals surface area contributed by atoms with E-state index in [1.807, 2.05) is 6.92 Å². The number of hydrogen-bond acceptors (Lipinski definition) is 1. The SMILES string of the molecule is CCNC(=O)CCCCCCCCC(C)(C)C. The summed E-state index contributed by atoms with van der Waals surface area (Å²) >= 11 is 0. The molecule has 0 fully saturated rings. The van der Waals surface area contributed by atoms with Crippen LogP contribution < -0.4 is 5.32 Å². The van der Waals surface area contributed by atoms with E-state index >= 15 is 0 Å². The van der Waals surface area contributed by atoms with Gasteiger partial charge >= 0.3 is 0 Å². The molecule has 0 aliphatic heterocycles. The summed E-state index contributed by atoms with van der Waals surface area (Å²) in [5.74, 6) is 0.209. The van der Waals surface area contributed by atoms with E-state index in [1.54, 1.807) is 0 Å². The zero-order chi connectivity index (χ0) is 13.1. The van der Waals surface area contributed by atoms with Crippen LogP contribution in [-0.4, -0.2) is 12.5 Å². The lowest BCUT2D eigenvalue weighted by Gasteiger charge is -2.17. The smallest absolute Gasteiger partial charge is 0.219 e. The van der Waals surface area contributed by atoms with Gasteiger partial charge < -0.3 is 5.32 Å². The van der Waals surface area contributed by atoms with Crippen LogP contribution in [0.1, 0.15) is 79.1 Å². The highest BCUT2D eigenvalue weighted by atomic mass is 16.1. The number of carbonyl (C=O) groups is 1. The van der Waals surface area contributed by atoms with Crippen LogP contribution >= 0.6 is 0 Å². The molecule has 0 aromatic carbocycles. The van der Waals surface area contributed by atoms with Gasteiger partial charge in [0.05, 0.1) is 0 Å². The van der Waals surface area contributed by atoms with E-state index < -0.39 is 0 Å². The van der Waals surface area contributed by atoms with Crippen molar-refractivity contribution < 1.29 is 4.79 Å². The molecular formula is C15H31NO. The van der Waals surface area contributed by atoms with Gasteiger partial charge in [-0.05, 0) is 25.2 Å². The van der Waals surface area contributed by atoms with Gasteiger partial charge in [0.15, 0.2) is 0 Å². The van der Waals surface area contributed by atoms with Crippen molar-refractivity contribution in [2.24, 2.45) is 5.41 Å². The van der Waals surface area contributed by atoms with Gasteiger partial charge in [-0.2, -0.15) is 0 Å². The van der Waals surface area contributed by atoms with Crippen molar-refractivity contribution in [2.45, 2.75) is 79.1 Å². The average Bonchev–Trinajstić information content (AvgIpc) is 2.21. The van der Waals surface area contributed by atoms with Crippen LogP contribution in [0.4, 0.5) is 0 Å². The molecule has 1 amide bonds. The standard InChI is InChI=1S/C15H31NO/c1-5-16-14(17)12-10-8-6-7-9-11-13-15(2,3)4/h5-13H2,1-4H3,(H,16,17). The van der Waals surface area contributed by atoms with Crippen molar-refractivity contribution in [1.29, 1.82) is 0 Å². The Morgan fingerprint density at radius 1 is 0.941 bits per heavy atom. The lowest BCUT2D eigenvalue weighted by Crippen LogP contribution is -2.21. The molecule has 0 bridgehead atoms. The summed E-state index contributed by atoms with van der Waals surface area (Å²) in [4.78, 5) is 11.2. The molecule has 0 aliphatic carbocycles. The Labute approximate surface area is 108 Å². The number of hydrogen-bond donors (Lipinski definition) is 1. The summed E-state index contributed by atoms with van der Waals surface area (Å²) in [6.45, 7) is 9.64. The number of rotatable bonds is 9. The summed E-state index contributed by atoms with van der Waals surface area (Å²) < 4.78 is 0. The van der Waals surface area contributed by atoms with E-state index in [2.05, 4.69) is 26.1 Å². The quantitative estimate of drug-likeness (QED) is 0.599. The van der Waals surface area contributed by atoms with Crippen LogP contribution in [0.3, 0.4) is 0 Å². The van der Waals surface area contributed by atoms with E-state index in [0.717, 1.165) is 13.0 Å². The summed E-state index contributed by atoms with van der Waals surface area (Å²) in [6.07, 6.45) is 9.58. The van der Waals surface area contributed by atoms with Gasteiger partial charge in [-0.15, -0.1) is 0 Å². The topological polar surface area (TPSA) is 29.1 Å².